The number of piperidine rings is 1. The summed E-state index contributed by atoms with van der Waals surface area (Å²) in [6.45, 7) is 6.66. The molecular weight excluding hydrogens is 210 g/mol. The zero-order valence-electron chi connectivity index (χ0n) is 10.9. The van der Waals surface area contributed by atoms with Crippen LogP contribution in [0.2, 0.25) is 0 Å². The summed E-state index contributed by atoms with van der Waals surface area (Å²) in [5.41, 5.74) is 2.74. The second-order valence-corrected chi connectivity index (χ2v) is 5.91. The Balaban J connectivity index is 2.06. The summed E-state index contributed by atoms with van der Waals surface area (Å²) in [5, 5.41) is 0. The molecule has 92 valence electrons. The van der Waals surface area contributed by atoms with Crippen LogP contribution in [0.1, 0.15) is 37.3 Å². The summed E-state index contributed by atoms with van der Waals surface area (Å²) in [6.07, 6.45) is 1.55. The molecule has 0 N–H and O–H groups in total. The van der Waals surface area contributed by atoms with Crippen LogP contribution in [0.25, 0.3) is 0 Å². The Hall–Kier alpha value is -0.860. The van der Waals surface area contributed by atoms with Crippen LogP contribution >= 0.6 is 0 Å². The molecule has 1 aromatic rings. The molecule has 2 heteroatoms. The van der Waals surface area contributed by atoms with Gasteiger partial charge in [-0.2, -0.15) is 0 Å². The third kappa shape index (κ3) is 1.80. The highest BCUT2D eigenvalue weighted by atomic mass is 16.5. The van der Waals surface area contributed by atoms with Crippen molar-refractivity contribution in [3.8, 4) is 0 Å². The van der Waals surface area contributed by atoms with Crippen LogP contribution in [0.5, 0.6) is 0 Å². The highest BCUT2D eigenvalue weighted by molar-refractivity contribution is 5.38. The summed E-state index contributed by atoms with van der Waals surface area (Å²) in [7, 11) is 2.21. The quantitative estimate of drug-likeness (QED) is 0.680. The van der Waals surface area contributed by atoms with Crippen molar-refractivity contribution in [2.75, 3.05) is 20.1 Å². The SMILES string of the molecule is CN1CC[C@H]2OC(C)(C)c3ccccc3[C@H]2C1. The lowest BCUT2D eigenvalue weighted by Crippen LogP contribution is -2.47. The number of ether oxygens (including phenoxy) is 1. The fraction of sp³-hybridized carbons (Fsp3) is 0.600. The first kappa shape index (κ1) is 11.2. The Labute approximate surface area is 104 Å². The van der Waals surface area contributed by atoms with E-state index in [-0.39, 0.29) is 5.60 Å². The average Bonchev–Trinajstić information content (AvgIpc) is 2.30. The van der Waals surface area contributed by atoms with Gasteiger partial charge in [0, 0.05) is 19.0 Å². The van der Waals surface area contributed by atoms with E-state index in [0.29, 0.717) is 12.0 Å². The maximum absolute atomic E-state index is 6.33. The Morgan fingerprint density at radius 1 is 1.29 bits per heavy atom. The number of likely N-dealkylation sites (N-methyl/N-ethyl adjacent to an activating group) is 1. The molecule has 0 radical (unpaired) electrons. The molecule has 0 saturated carbocycles. The number of hydrogen-bond donors (Lipinski definition) is 0. The largest absolute Gasteiger partial charge is 0.367 e. The molecule has 1 saturated heterocycles. The van der Waals surface area contributed by atoms with Gasteiger partial charge in [-0.25, -0.2) is 0 Å². The Bertz CT molecular complexity index is 427. The first-order chi connectivity index (χ1) is 8.08. The standard InChI is InChI=1S/C15H21NO/c1-15(2)13-7-5-4-6-11(13)12-10-16(3)9-8-14(12)17-15/h4-7,12,14H,8-10H2,1-3H3/t12-,14-/m1/s1. The summed E-state index contributed by atoms with van der Waals surface area (Å²) >= 11 is 0. The van der Waals surface area contributed by atoms with Crippen molar-refractivity contribution in [1.82, 2.24) is 4.90 Å². The molecule has 0 spiro atoms. The molecule has 0 aliphatic carbocycles. The van der Waals surface area contributed by atoms with Crippen LogP contribution in [-0.2, 0) is 10.3 Å². The second-order valence-electron chi connectivity index (χ2n) is 5.91. The number of likely N-dealkylation sites (tertiary alicyclic amines) is 1. The summed E-state index contributed by atoms with van der Waals surface area (Å²) in [4.78, 5) is 2.42. The molecule has 3 rings (SSSR count). The second kappa shape index (κ2) is 3.82. The Kier molecular flexibility index (Phi) is 2.53. The van der Waals surface area contributed by atoms with Gasteiger partial charge in [0.2, 0.25) is 0 Å². The molecule has 0 bridgehead atoms. The van der Waals surface area contributed by atoms with Crippen LogP contribution in [0.15, 0.2) is 24.3 Å². The van der Waals surface area contributed by atoms with Gasteiger partial charge in [-0.05, 0) is 38.4 Å². The first-order valence-corrected chi connectivity index (χ1v) is 6.54. The molecular formula is C15H21NO. The van der Waals surface area contributed by atoms with Gasteiger partial charge in [0.1, 0.15) is 0 Å². The summed E-state index contributed by atoms with van der Waals surface area (Å²) in [6, 6.07) is 8.79. The summed E-state index contributed by atoms with van der Waals surface area (Å²) in [5.74, 6) is 0.554. The van der Waals surface area contributed by atoms with Gasteiger partial charge in [0.15, 0.2) is 0 Å². The van der Waals surface area contributed by atoms with Crippen LogP contribution in [-0.4, -0.2) is 31.1 Å². The number of rotatable bonds is 0. The number of fused-ring (bicyclic) bond motifs is 3. The lowest BCUT2D eigenvalue weighted by molar-refractivity contribution is -0.118. The van der Waals surface area contributed by atoms with Crippen LogP contribution in [0.4, 0.5) is 0 Å². The zero-order valence-corrected chi connectivity index (χ0v) is 10.9. The molecule has 17 heavy (non-hydrogen) atoms. The normalized spacial score (nSPS) is 31.7. The fourth-order valence-corrected chi connectivity index (χ4v) is 3.34. The number of benzene rings is 1. The smallest absolute Gasteiger partial charge is 0.0882 e. The van der Waals surface area contributed by atoms with E-state index in [1.807, 2.05) is 0 Å². The van der Waals surface area contributed by atoms with Crippen molar-refractivity contribution >= 4 is 0 Å². The van der Waals surface area contributed by atoms with Crippen LogP contribution in [0.3, 0.4) is 0 Å². The van der Waals surface area contributed by atoms with Gasteiger partial charge in [0.05, 0.1) is 11.7 Å². The zero-order chi connectivity index (χ0) is 12.0. The van der Waals surface area contributed by atoms with Crippen LogP contribution < -0.4 is 0 Å². The van der Waals surface area contributed by atoms with Crippen molar-refractivity contribution in [2.45, 2.75) is 37.9 Å². The Morgan fingerprint density at radius 2 is 2.06 bits per heavy atom. The van der Waals surface area contributed by atoms with Gasteiger partial charge in [-0.15, -0.1) is 0 Å². The van der Waals surface area contributed by atoms with E-state index in [1.54, 1.807) is 0 Å². The predicted molar refractivity (Wildman–Crippen MR) is 69.2 cm³/mol. The van der Waals surface area contributed by atoms with Crippen molar-refractivity contribution in [2.24, 2.45) is 0 Å². The molecule has 2 heterocycles. The molecule has 1 fully saturated rings. The number of nitrogens with zero attached hydrogens (tertiary/aromatic N) is 1. The predicted octanol–water partition coefficient (Wildman–Crippen LogP) is 2.74. The van der Waals surface area contributed by atoms with Gasteiger partial charge >= 0.3 is 0 Å². The van der Waals surface area contributed by atoms with Crippen molar-refractivity contribution in [1.29, 1.82) is 0 Å². The minimum atomic E-state index is -0.131. The Morgan fingerprint density at radius 3 is 2.88 bits per heavy atom. The summed E-state index contributed by atoms with van der Waals surface area (Å²) < 4.78 is 6.33. The van der Waals surface area contributed by atoms with E-state index in [1.165, 1.54) is 11.1 Å². The molecule has 2 atom stereocenters. The van der Waals surface area contributed by atoms with Crippen molar-refractivity contribution in [3.05, 3.63) is 35.4 Å². The third-order valence-electron chi connectivity index (χ3n) is 4.21. The maximum Gasteiger partial charge on any atom is 0.0882 e. The van der Waals surface area contributed by atoms with E-state index in [4.69, 9.17) is 4.74 Å². The number of hydrogen-bond acceptors (Lipinski definition) is 2. The molecule has 0 amide bonds. The van der Waals surface area contributed by atoms with Crippen LogP contribution in [0, 0.1) is 0 Å². The fourth-order valence-electron chi connectivity index (χ4n) is 3.34. The third-order valence-corrected chi connectivity index (χ3v) is 4.21. The molecule has 0 aromatic heterocycles. The minimum absolute atomic E-state index is 0.131. The average molecular weight is 231 g/mol. The van der Waals surface area contributed by atoms with E-state index in [2.05, 4.69) is 50.1 Å². The molecule has 0 unspecified atom stereocenters. The van der Waals surface area contributed by atoms with E-state index in [0.717, 1.165) is 19.5 Å². The highest BCUT2D eigenvalue weighted by Crippen LogP contribution is 2.43. The monoisotopic (exact) mass is 231 g/mol. The van der Waals surface area contributed by atoms with Crippen molar-refractivity contribution in [3.63, 3.8) is 0 Å². The lowest BCUT2D eigenvalue weighted by atomic mass is 9.78. The topological polar surface area (TPSA) is 12.5 Å². The highest BCUT2D eigenvalue weighted by Gasteiger charge is 2.41. The molecule has 1 aromatic carbocycles. The molecule has 2 aliphatic rings. The van der Waals surface area contributed by atoms with Gasteiger partial charge < -0.3 is 9.64 Å². The molecule has 2 nitrogen and oxygen atoms in total. The first-order valence-electron chi connectivity index (χ1n) is 6.54. The maximum atomic E-state index is 6.33. The van der Waals surface area contributed by atoms with E-state index in [9.17, 15) is 0 Å². The van der Waals surface area contributed by atoms with E-state index < -0.39 is 0 Å². The van der Waals surface area contributed by atoms with E-state index >= 15 is 0 Å². The molecule has 2 aliphatic heterocycles. The lowest BCUT2D eigenvalue weighted by Gasteiger charge is -2.47. The van der Waals surface area contributed by atoms with Gasteiger partial charge in [-0.3, -0.25) is 0 Å². The van der Waals surface area contributed by atoms with Gasteiger partial charge in [-0.1, -0.05) is 24.3 Å². The van der Waals surface area contributed by atoms with Crippen molar-refractivity contribution < 1.29 is 4.74 Å². The van der Waals surface area contributed by atoms with Gasteiger partial charge in [0.25, 0.3) is 0 Å². The minimum Gasteiger partial charge on any atom is -0.367 e.